The Morgan fingerprint density at radius 3 is 3.05 bits per heavy atom. The number of rotatable bonds is 4. The number of nitrogens with one attached hydrogen (secondary N) is 1. The molecule has 0 radical (unpaired) electrons. The first kappa shape index (κ1) is 15.6. The van der Waals surface area contributed by atoms with E-state index in [1.54, 1.807) is 12.3 Å². The number of thiazole rings is 1. The standard InChI is InChI=1S/C15H14Cl2N4S/c16-11-2-1-10(14(17)5-11)7-19-12-3-4-21(9-12)15-20-8-13(6-18)22-15/h1-2,5,8,12,19H,3-4,7,9H2. The molecule has 2 aromatic rings. The summed E-state index contributed by atoms with van der Waals surface area (Å²) in [6.45, 7) is 2.56. The molecule has 1 aromatic carbocycles. The fourth-order valence-electron chi connectivity index (χ4n) is 2.48. The van der Waals surface area contributed by atoms with Gasteiger partial charge < -0.3 is 10.2 Å². The molecule has 1 saturated heterocycles. The molecular weight excluding hydrogens is 339 g/mol. The first-order chi connectivity index (χ1) is 10.7. The molecule has 7 heteroatoms. The fourth-order valence-corrected chi connectivity index (χ4v) is 3.71. The lowest BCUT2D eigenvalue weighted by atomic mass is 10.2. The summed E-state index contributed by atoms with van der Waals surface area (Å²) < 4.78 is 0. The molecule has 0 aliphatic carbocycles. The van der Waals surface area contributed by atoms with E-state index < -0.39 is 0 Å². The van der Waals surface area contributed by atoms with Crippen molar-refractivity contribution < 1.29 is 0 Å². The Hall–Kier alpha value is -1.32. The summed E-state index contributed by atoms with van der Waals surface area (Å²) in [6, 6.07) is 8.08. The third-order valence-electron chi connectivity index (χ3n) is 3.66. The summed E-state index contributed by atoms with van der Waals surface area (Å²) in [7, 11) is 0. The lowest BCUT2D eigenvalue weighted by Crippen LogP contribution is -2.32. The molecule has 1 N–H and O–H groups in total. The van der Waals surface area contributed by atoms with Gasteiger partial charge in [0.2, 0.25) is 0 Å². The van der Waals surface area contributed by atoms with Crippen molar-refractivity contribution in [2.45, 2.75) is 19.0 Å². The van der Waals surface area contributed by atoms with Gasteiger partial charge in [0.25, 0.3) is 0 Å². The third kappa shape index (κ3) is 3.53. The predicted molar refractivity (Wildman–Crippen MR) is 90.7 cm³/mol. The van der Waals surface area contributed by atoms with E-state index >= 15 is 0 Å². The minimum atomic E-state index is 0.390. The summed E-state index contributed by atoms with van der Waals surface area (Å²) in [4.78, 5) is 7.17. The van der Waals surface area contributed by atoms with Crippen LogP contribution in [0.2, 0.25) is 10.0 Å². The van der Waals surface area contributed by atoms with Crippen LogP contribution in [0.25, 0.3) is 0 Å². The van der Waals surface area contributed by atoms with Crippen molar-refractivity contribution in [3.05, 3.63) is 44.9 Å². The van der Waals surface area contributed by atoms with Gasteiger partial charge in [0.15, 0.2) is 5.13 Å². The van der Waals surface area contributed by atoms with Crippen molar-refractivity contribution in [2.24, 2.45) is 0 Å². The van der Waals surface area contributed by atoms with Crippen LogP contribution in [0.5, 0.6) is 0 Å². The average Bonchev–Trinajstić information content (AvgIpc) is 3.15. The number of anilines is 1. The molecule has 0 amide bonds. The second kappa shape index (κ2) is 6.84. The van der Waals surface area contributed by atoms with Crippen LogP contribution in [0.3, 0.4) is 0 Å². The van der Waals surface area contributed by atoms with Crippen LogP contribution in [0.1, 0.15) is 16.9 Å². The maximum Gasteiger partial charge on any atom is 0.186 e. The third-order valence-corrected chi connectivity index (χ3v) is 5.21. The number of benzene rings is 1. The molecule has 1 fully saturated rings. The highest BCUT2D eigenvalue weighted by molar-refractivity contribution is 7.16. The minimum Gasteiger partial charge on any atom is -0.346 e. The van der Waals surface area contributed by atoms with E-state index in [1.165, 1.54) is 11.3 Å². The lowest BCUT2D eigenvalue weighted by molar-refractivity contribution is 0.551. The van der Waals surface area contributed by atoms with Crippen LogP contribution in [0, 0.1) is 11.3 Å². The predicted octanol–water partition coefficient (Wildman–Crippen LogP) is 3.69. The second-order valence-electron chi connectivity index (χ2n) is 5.17. The van der Waals surface area contributed by atoms with Gasteiger partial charge in [0.1, 0.15) is 10.9 Å². The molecule has 1 aromatic heterocycles. The average molecular weight is 353 g/mol. The van der Waals surface area contributed by atoms with E-state index in [1.807, 2.05) is 12.1 Å². The smallest absolute Gasteiger partial charge is 0.186 e. The van der Waals surface area contributed by atoms with Gasteiger partial charge in [0, 0.05) is 35.7 Å². The first-order valence-electron chi connectivity index (χ1n) is 6.94. The summed E-state index contributed by atoms with van der Waals surface area (Å²) in [5.41, 5.74) is 1.05. The summed E-state index contributed by atoms with van der Waals surface area (Å²) in [5.74, 6) is 0. The zero-order valence-electron chi connectivity index (χ0n) is 11.7. The van der Waals surface area contributed by atoms with Crippen LogP contribution < -0.4 is 10.2 Å². The minimum absolute atomic E-state index is 0.390. The first-order valence-corrected chi connectivity index (χ1v) is 8.51. The van der Waals surface area contributed by atoms with Gasteiger partial charge in [-0.25, -0.2) is 4.98 Å². The number of aromatic nitrogens is 1. The number of hydrogen-bond donors (Lipinski definition) is 1. The molecule has 22 heavy (non-hydrogen) atoms. The van der Waals surface area contributed by atoms with Crippen molar-refractivity contribution in [1.82, 2.24) is 10.3 Å². The monoisotopic (exact) mass is 352 g/mol. The van der Waals surface area contributed by atoms with E-state index in [0.717, 1.165) is 36.8 Å². The molecule has 0 saturated carbocycles. The van der Waals surface area contributed by atoms with Crippen LogP contribution in [0.15, 0.2) is 24.4 Å². The highest BCUT2D eigenvalue weighted by Crippen LogP contribution is 2.26. The molecule has 2 heterocycles. The number of halogens is 2. The summed E-state index contributed by atoms with van der Waals surface area (Å²) >= 11 is 13.5. The van der Waals surface area contributed by atoms with Gasteiger partial charge in [-0.1, -0.05) is 40.6 Å². The Labute approximate surface area is 143 Å². The van der Waals surface area contributed by atoms with Crippen LogP contribution in [-0.2, 0) is 6.54 Å². The van der Waals surface area contributed by atoms with Crippen LogP contribution in [0.4, 0.5) is 5.13 Å². The zero-order valence-corrected chi connectivity index (χ0v) is 14.0. The van der Waals surface area contributed by atoms with E-state index in [-0.39, 0.29) is 0 Å². The topological polar surface area (TPSA) is 52.0 Å². The Morgan fingerprint density at radius 1 is 1.45 bits per heavy atom. The largest absolute Gasteiger partial charge is 0.346 e. The van der Waals surface area contributed by atoms with Gasteiger partial charge in [-0.15, -0.1) is 0 Å². The molecule has 3 rings (SSSR count). The highest BCUT2D eigenvalue weighted by atomic mass is 35.5. The van der Waals surface area contributed by atoms with Gasteiger partial charge >= 0.3 is 0 Å². The zero-order chi connectivity index (χ0) is 15.5. The molecule has 114 valence electrons. The van der Waals surface area contributed by atoms with E-state index in [4.69, 9.17) is 28.5 Å². The fraction of sp³-hybridized carbons (Fsp3) is 0.333. The molecule has 0 bridgehead atoms. The van der Waals surface area contributed by atoms with Crippen molar-refractivity contribution in [3.8, 4) is 6.07 Å². The molecular formula is C15H14Cl2N4S. The van der Waals surface area contributed by atoms with Crippen molar-refractivity contribution in [2.75, 3.05) is 18.0 Å². The molecule has 1 aliphatic rings. The Bertz CT molecular complexity index is 710. The van der Waals surface area contributed by atoms with Crippen molar-refractivity contribution >= 4 is 39.7 Å². The maximum absolute atomic E-state index is 8.87. The molecule has 1 unspecified atom stereocenters. The summed E-state index contributed by atoms with van der Waals surface area (Å²) in [6.07, 6.45) is 2.68. The van der Waals surface area contributed by atoms with E-state index in [2.05, 4.69) is 21.3 Å². The van der Waals surface area contributed by atoms with Crippen molar-refractivity contribution in [1.29, 1.82) is 5.26 Å². The Balaban J connectivity index is 1.56. The van der Waals surface area contributed by atoms with Crippen LogP contribution >= 0.6 is 34.5 Å². The van der Waals surface area contributed by atoms with Gasteiger partial charge in [-0.05, 0) is 24.1 Å². The van der Waals surface area contributed by atoms with Gasteiger partial charge in [-0.2, -0.15) is 5.26 Å². The maximum atomic E-state index is 8.87. The number of nitrogens with zero attached hydrogens (tertiary/aromatic N) is 3. The van der Waals surface area contributed by atoms with E-state index in [9.17, 15) is 0 Å². The Morgan fingerprint density at radius 2 is 2.32 bits per heavy atom. The lowest BCUT2D eigenvalue weighted by Gasteiger charge is -2.16. The van der Waals surface area contributed by atoms with Crippen LogP contribution in [-0.4, -0.2) is 24.1 Å². The quantitative estimate of drug-likeness (QED) is 0.911. The van der Waals surface area contributed by atoms with Gasteiger partial charge in [-0.3, -0.25) is 0 Å². The molecule has 1 atom stereocenters. The number of nitriles is 1. The second-order valence-corrected chi connectivity index (χ2v) is 7.02. The van der Waals surface area contributed by atoms with Crippen molar-refractivity contribution in [3.63, 3.8) is 0 Å². The SMILES string of the molecule is N#Cc1cnc(N2CCC(NCc3ccc(Cl)cc3Cl)C2)s1. The van der Waals surface area contributed by atoms with Gasteiger partial charge in [0.05, 0.1) is 6.20 Å². The summed E-state index contributed by atoms with van der Waals surface area (Å²) in [5, 5.41) is 14.7. The molecule has 1 aliphatic heterocycles. The van der Waals surface area contributed by atoms with E-state index in [0.29, 0.717) is 21.0 Å². The molecule has 4 nitrogen and oxygen atoms in total. The molecule has 0 spiro atoms. The normalized spacial score (nSPS) is 17.7. The Kier molecular flexibility index (Phi) is 4.84. The number of hydrogen-bond acceptors (Lipinski definition) is 5. The highest BCUT2D eigenvalue weighted by Gasteiger charge is 2.24.